The second-order valence-corrected chi connectivity index (χ2v) is 4.59. The highest BCUT2D eigenvalue weighted by atomic mass is 16.1. The van der Waals surface area contributed by atoms with Crippen LogP contribution in [0.25, 0.3) is 0 Å². The van der Waals surface area contributed by atoms with Crippen LogP contribution in [0.4, 0.5) is 0 Å². The molecular formula is C17H15NO. The van der Waals surface area contributed by atoms with Gasteiger partial charge in [-0.15, -0.1) is 0 Å². The summed E-state index contributed by atoms with van der Waals surface area (Å²) in [6.45, 7) is 1.62. The van der Waals surface area contributed by atoms with Crippen LogP contribution in [-0.2, 0) is 11.2 Å². The van der Waals surface area contributed by atoms with Gasteiger partial charge in [-0.05, 0) is 36.6 Å². The largest absolute Gasteiger partial charge is 0.299 e. The maximum Gasteiger partial charge on any atom is 0.137 e. The summed E-state index contributed by atoms with van der Waals surface area (Å²) < 4.78 is 0. The summed E-state index contributed by atoms with van der Waals surface area (Å²) in [5.74, 6) is 0.00343. The van der Waals surface area contributed by atoms with Crippen LogP contribution in [0.2, 0.25) is 0 Å². The molecule has 2 nitrogen and oxygen atoms in total. The van der Waals surface area contributed by atoms with Crippen molar-refractivity contribution in [1.29, 1.82) is 5.26 Å². The van der Waals surface area contributed by atoms with Gasteiger partial charge >= 0.3 is 0 Å². The number of Topliss-reactive ketones (excluding diaryl/α,β-unsaturated/α-hetero) is 1. The molecule has 0 aromatic heterocycles. The highest BCUT2D eigenvalue weighted by Gasteiger charge is 2.17. The number of nitriles is 1. The lowest BCUT2D eigenvalue weighted by molar-refractivity contribution is -0.118. The number of carbonyl (C=O) groups is 1. The maximum atomic E-state index is 11.8. The van der Waals surface area contributed by atoms with Crippen LogP contribution in [0.5, 0.6) is 0 Å². The van der Waals surface area contributed by atoms with Gasteiger partial charge in [0.2, 0.25) is 0 Å². The number of carbonyl (C=O) groups excluding carboxylic acids is 1. The normalized spacial score (nSPS) is 11.6. The van der Waals surface area contributed by atoms with Crippen molar-refractivity contribution < 1.29 is 4.79 Å². The highest BCUT2D eigenvalue weighted by Crippen LogP contribution is 2.22. The third-order valence-corrected chi connectivity index (χ3v) is 3.22. The predicted octanol–water partition coefficient (Wildman–Crippen LogP) is 3.47. The van der Waals surface area contributed by atoms with Gasteiger partial charge in [0.25, 0.3) is 0 Å². The molecule has 1 unspecified atom stereocenters. The summed E-state index contributed by atoms with van der Waals surface area (Å²) in [4.78, 5) is 11.8. The van der Waals surface area contributed by atoms with Gasteiger partial charge in [0.15, 0.2) is 0 Å². The fourth-order valence-corrected chi connectivity index (χ4v) is 2.14. The zero-order chi connectivity index (χ0) is 13.7. The first-order valence-corrected chi connectivity index (χ1v) is 6.25. The lowest BCUT2D eigenvalue weighted by Gasteiger charge is -2.14. The number of benzene rings is 2. The van der Waals surface area contributed by atoms with Gasteiger partial charge in [-0.3, -0.25) is 4.79 Å². The molecule has 0 radical (unpaired) electrons. The number of hydrogen-bond donors (Lipinski definition) is 0. The molecule has 2 rings (SSSR count). The third-order valence-electron chi connectivity index (χ3n) is 3.22. The van der Waals surface area contributed by atoms with Gasteiger partial charge in [-0.25, -0.2) is 0 Å². The van der Waals surface area contributed by atoms with Crippen molar-refractivity contribution in [3.63, 3.8) is 0 Å². The van der Waals surface area contributed by atoms with Gasteiger partial charge in [0, 0.05) is 5.92 Å². The summed E-state index contributed by atoms with van der Waals surface area (Å²) in [6, 6.07) is 19.3. The van der Waals surface area contributed by atoms with Crippen LogP contribution >= 0.6 is 0 Å². The summed E-state index contributed by atoms with van der Waals surface area (Å²) in [5, 5.41) is 8.79. The smallest absolute Gasteiger partial charge is 0.137 e. The first-order valence-electron chi connectivity index (χ1n) is 6.25. The fourth-order valence-electron chi connectivity index (χ4n) is 2.14. The Bertz CT molecular complexity index is 593. The molecule has 2 aromatic rings. The zero-order valence-electron chi connectivity index (χ0n) is 10.8. The molecule has 0 fully saturated rings. The number of hydrogen-bond acceptors (Lipinski definition) is 2. The topological polar surface area (TPSA) is 40.9 Å². The first-order chi connectivity index (χ1) is 9.20. The predicted molar refractivity (Wildman–Crippen MR) is 74.7 cm³/mol. The molecule has 1 atom stereocenters. The zero-order valence-corrected chi connectivity index (χ0v) is 10.8. The minimum absolute atomic E-state index is 0.143. The van der Waals surface area contributed by atoms with E-state index in [1.165, 1.54) is 0 Å². The van der Waals surface area contributed by atoms with Crippen LogP contribution in [0.1, 0.15) is 29.5 Å². The van der Waals surface area contributed by atoms with Crippen molar-refractivity contribution in [3.05, 3.63) is 71.3 Å². The average molecular weight is 249 g/mol. The quantitative estimate of drug-likeness (QED) is 0.832. The minimum Gasteiger partial charge on any atom is -0.299 e. The maximum absolute atomic E-state index is 11.8. The van der Waals surface area contributed by atoms with Crippen molar-refractivity contribution in [2.24, 2.45) is 0 Å². The molecule has 0 heterocycles. The van der Waals surface area contributed by atoms with E-state index in [4.69, 9.17) is 5.26 Å². The summed E-state index contributed by atoms with van der Waals surface area (Å²) in [7, 11) is 0. The fraction of sp³-hybridized carbons (Fsp3) is 0.176. The minimum atomic E-state index is -0.143. The SMILES string of the molecule is CC(=O)C(Cc1ccccc1)c1ccc(C#N)cc1. The van der Waals surface area contributed by atoms with E-state index in [9.17, 15) is 4.79 Å². The summed E-state index contributed by atoms with van der Waals surface area (Å²) in [6.07, 6.45) is 0.697. The molecule has 2 heteroatoms. The van der Waals surface area contributed by atoms with Crippen molar-refractivity contribution in [2.75, 3.05) is 0 Å². The molecule has 0 amide bonds. The van der Waals surface area contributed by atoms with E-state index >= 15 is 0 Å². The summed E-state index contributed by atoms with van der Waals surface area (Å²) in [5.41, 5.74) is 2.73. The van der Waals surface area contributed by atoms with Crippen LogP contribution in [0.3, 0.4) is 0 Å². The Morgan fingerprint density at radius 1 is 1.11 bits per heavy atom. The van der Waals surface area contributed by atoms with Crippen LogP contribution in [0, 0.1) is 11.3 Å². The Balaban J connectivity index is 2.25. The van der Waals surface area contributed by atoms with Crippen molar-refractivity contribution in [2.45, 2.75) is 19.3 Å². The second-order valence-electron chi connectivity index (χ2n) is 4.59. The van der Waals surface area contributed by atoms with Crippen molar-refractivity contribution in [1.82, 2.24) is 0 Å². The average Bonchev–Trinajstić information content (AvgIpc) is 2.46. The molecule has 0 spiro atoms. The van der Waals surface area contributed by atoms with Crippen molar-refractivity contribution in [3.8, 4) is 6.07 Å². The van der Waals surface area contributed by atoms with Gasteiger partial charge in [-0.1, -0.05) is 42.5 Å². The summed E-state index contributed by atoms with van der Waals surface area (Å²) >= 11 is 0. The Kier molecular flexibility index (Phi) is 4.10. The molecule has 0 saturated carbocycles. The van der Waals surface area contributed by atoms with E-state index in [1.54, 1.807) is 19.1 Å². The molecular weight excluding hydrogens is 234 g/mol. The van der Waals surface area contributed by atoms with Gasteiger partial charge < -0.3 is 0 Å². The van der Waals surface area contributed by atoms with Crippen molar-refractivity contribution >= 4 is 5.78 Å². The highest BCUT2D eigenvalue weighted by molar-refractivity contribution is 5.83. The molecule has 0 aliphatic rings. The Hall–Kier alpha value is -2.40. The van der Waals surface area contributed by atoms with E-state index in [0.717, 1.165) is 11.1 Å². The number of ketones is 1. The molecule has 0 aliphatic heterocycles. The van der Waals surface area contributed by atoms with E-state index in [0.29, 0.717) is 12.0 Å². The monoisotopic (exact) mass is 249 g/mol. The molecule has 94 valence electrons. The number of nitrogens with zero attached hydrogens (tertiary/aromatic N) is 1. The second kappa shape index (κ2) is 5.97. The van der Waals surface area contributed by atoms with Crippen LogP contribution < -0.4 is 0 Å². The Morgan fingerprint density at radius 3 is 2.26 bits per heavy atom. The molecule has 19 heavy (non-hydrogen) atoms. The van der Waals surface area contributed by atoms with Gasteiger partial charge in [0.1, 0.15) is 5.78 Å². The van der Waals surface area contributed by atoms with Crippen LogP contribution in [0.15, 0.2) is 54.6 Å². The lowest BCUT2D eigenvalue weighted by Crippen LogP contribution is -2.12. The standard InChI is InChI=1S/C17H15NO/c1-13(19)17(11-14-5-3-2-4-6-14)16-9-7-15(12-18)8-10-16/h2-10,17H,11H2,1H3. The molecule has 0 aliphatic carbocycles. The first kappa shape index (κ1) is 13.0. The van der Waals surface area contributed by atoms with E-state index in [2.05, 4.69) is 6.07 Å². The molecule has 2 aromatic carbocycles. The Labute approximate surface area is 113 Å². The van der Waals surface area contributed by atoms with E-state index < -0.39 is 0 Å². The Morgan fingerprint density at radius 2 is 1.74 bits per heavy atom. The van der Waals surface area contributed by atoms with E-state index in [1.807, 2.05) is 42.5 Å². The van der Waals surface area contributed by atoms with Crippen LogP contribution in [-0.4, -0.2) is 5.78 Å². The lowest BCUT2D eigenvalue weighted by atomic mass is 9.89. The third kappa shape index (κ3) is 3.29. The molecule has 0 saturated heterocycles. The van der Waals surface area contributed by atoms with Gasteiger partial charge in [0.05, 0.1) is 11.6 Å². The van der Waals surface area contributed by atoms with E-state index in [-0.39, 0.29) is 11.7 Å². The van der Waals surface area contributed by atoms with Gasteiger partial charge in [-0.2, -0.15) is 5.26 Å². The molecule has 0 bridgehead atoms. The number of rotatable bonds is 4. The molecule has 0 N–H and O–H groups in total.